The highest BCUT2D eigenvalue weighted by atomic mass is 35.5. The predicted molar refractivity (Wildman–Crippen MR) is 106 cm³/mol. The molecule has 2 aromatic carbocycles. The van der Waals surface area contributed by atoms with Gasteiger partial charge in [0.25, 0.3) is 0 Å². The molecule has 5 nitrogen and oxygen atoms in total. The van der Waals surface area contributed by atoms with Crippen LogP contribution >= 0.6 is 23.2 Å². The van der Waals surface area contributed by atoms with E-state index in [1.54, 1.807) is 35.2 Å². The van der Waals surface area contributed by atoms with Crippen molar-refractivity contribution >= 4 is 46.4 Å². The molecule has 0 spiro atoms. The Labute approximate surface area is 162 Å². The Bertz CT molecular complexity index is 813. The van der Waals surface area contributed by atoms with Gasteiger partial charge < -0.3 is 15.1 Å². The molecule has 0 unspecified atom stereocenters. The molecule has 1 aliphatic rings. The van der Waals surface area contributed by atoms with Crippen molar-refractivity contribution in [2.75, 3.05) is 36.4 Å². The molecular weight excluding hydrogens is 373 g/mol. The number of carbonyl (C=O) groups excluding carboxylic acids is 2. The van der Waals surface area contributed by atoms with Crippen LogP contribution in [0.4, 0.5) is 16.2 Å². The number of Topliss-reactive ketones (excluding diaryl/α,β-unsaturated/α-hetero) is 1. The maximum absolute atomic E-state index is 12.5. The molecule has 0 bridgehead atoms. The van der Waals surface area contributed by atoms with Crippen LogP contribution < -0.4 is 10.2 Å². The van der Waals surface area contributed by atoms with Crippen molar-refractivity contribution < 1.29 is 9.59 Å². The molecule has 1 saturated heterocycles. The Morgan fingerprint density at radius 1 is 0.962 bits per heavy atom. The van der Waals surface area contributed by atoms with Gasteiger partial charge in [0.2, 0.25) is 0 Å². The number of anilines is 2. The number of halogens is 2. The fourth-order valence-corrected chi connectivity index (χ4v) is 3.42. The number of ketones is 1. The summed E-state index contributed by atoms with van der Waals surface area (Å²) in [6, 6.07) is 12.2. The van der Waals surface area contributed by atoms with Gasteiger partial charge in [0, 0.05) is 53.2 Å². The average Bonchev–Trinajstić information content (AvgIpc) is 2.61. The lowest BCUT2D eigenvalue weighted by molar-refractivity contribution is 0.101. The predicted octanol–water partition coefficient (Wildman–Crippen LogP) is 4.55. The number of carbonyl (C=O) groups is 2. The smallest absolute Gasteiger partial charge is 0.321 e. The first-order valence-electron chi connectivity index (χ1n) is 8.30. The van der Waals surface area contributed by atoms with Crippen molar-refractivity contribution in [1.29, 1.82) is 0 Å². The summed E-state index contributed by atoms with van der Waals surface area (Å²) in [7, 11) is 0. The third kappa shape index (κ3) is 4.48. The van der Waals surface area contributed by atoms with Crippen molar-refractivity contribution in [2.24, 2.45) is 0 Å². The Morgan fingerprint density at radius 3 is 2.23 bits per heavy atom. The van der Waals surface area contributed by atoms with Gasteiger partial charge in [-0.15, -0.1) is 0 Å². The number of hydrogen-bond acceptors (Lipinski definition) is 3. The minimum absolute atomic E-state index is 0.0325. The summed E-state index contributed by atoms with van der Waals surface area (Å²) in [5.41, 5.74) is 2.15. The molecular formula is C19H19Cl2N3O2. The van der Waals surface area contributed by atoms with Crippen molar-refractivity contribution in [3.05, 3.63) is 58.1 Å². The summed E-state index contributed by atoms with van der Waals surface area (Å²) in [6.07, 6.45) is 0. The van der Waals surface area contributed by atoms with Gasteiger partial charge in [-0.25, -0.2) is 4.79 Å². The summed E-state index contributed by atoms with van der Waals surface area (Å²) in [5.74, 6) is -0.0325. The maximum atomic E-state index is 12.5. The number of piperazine rings is 1. The van der Waals surface area contributed by atoms with Crippen LogP contribution in [0.2, 0.25) is 10.0 Å². The molecule has 1 N–H and O–H groups in total. The molecule has 0 aliphatic carbocycles. The van der Waals surface area contributed by atoms with Gasteiger partial charge in [0.05, 0.1) is 0 Å². The molecule has 3 rings (SSSR count). The molecule has 7 heteroatoms. The van der Waals surface area contributed by atoms with Gasteiger partial charge in [0.15, 0.2) is 5.78 Å². The van der Waals surface area contributed by atoms with E-state index >= 15 is 0 Å². The third-order valence-electron chi connectivity index (χ3n) is 4.30. The monoisotopic (exact) mass is 391 g/mol. The Kier molecular flexibility index (Phi) is 5.69. The lowest BCUT2D eigenvalue weighted by atomic mass is 10.1. The van der Waals surface area contributed by atoms with Crippen LogP contribution in [0.25, 0.3) is 0 Å². The van der Waals surface area contributed by atoms with Gasteiger partial charge >= 0.3 is 6.03 Å². The van der Waals surface area contributed by atoms with Crippen LogP contribution in [0.5, 0.6) is 0 Å². The van der Waals surface area contributed by atoms with Crippen LogP contribution in [0.15, 0.2) is 42.5 Å². The standard InChI is InChI=1S/C19H19Cl2N3O2/c1-13(25)14-3-2-4-17(9-14)22-19(26)24-7-5-23(6-8-24)18-11-15(20)10-16(21)12-18/h2-4,9-12H,5-8H2,1H3,(H,22,26). The molecule has 0 saturated carbocycles. The van der Waals surface area contributed by atoms with Gasteiger partial charge in [-0.3, -0.25) is 4.79 Å². The van der Waals surface area contributed by atoms with Gasteiger partial charge in [-0.2, -0.15) is 0 Å². The van der Waals surface area contributed by atoms with Gasteiger partial charge in [-0.05, 0) is 37.3 Å². The minimum Gasteiger partial charge on any atom is -0.368 e. The molecule has 2 amide bonds. The first-order chi connectivity index (χ1) is 12.4. The minimum atomic E-state index is -0.172. The summed E-state index contributed by atoms with van der Waals surface area (Å²) < 4.78 is 0. The first kappa shape index (κ1) is 18.5. The molecule has 0 aromatic heterocycles. The largest absolute Gasteiger partial charge is 0.368 e. The number of hydrogen-bond donors (Lipinski definition) is 1. The van der Waals surface area contributed by atoms with Crippen LogP contribution in [-0.2, 0) is 0 Å². The summed E-state index contributed by atoms with van der Waals surface area (Å²) >= 11 is 12.1. The molecule has 0 radical (unpaired) electrons. The number of amides is 2. The van der Waals surface area contributed by atoms with E-state index in [9.17, 15) is 9.59 Å². The number of nitrogens with zero attached hydrogens (tertiary/aromatic N) is 2. The fraction of sp³-hybridized carbons (Fsp3) is 0.263. The van der Waals surface area contributed by atoms with Crippen molar-refractivity contribution in [3.63, 3.8) is 0 Å². The van der Waals surface area contributed by atoms with Crippen molar-refractivity contribution in [2.45, 2.75) is 6.92 Å². The van der Waals surface area contributed by atoms with E-state index in [1.807, 2.05) is 12.1 Å². The zero-order chi connectivity index (χ0) is 18.7. The topological polar surface area (TPSA) is 52.7 Å². The second kappa shape index (κ2) is 7.98. The summed E-state index contributed by atoms with van der Waals surface area (Å²) in [5, 5.41) is 4.04. The van der Waals surface area contributed by atoms with Crippen LogP contribution in [0.1, 0.15) is 17.3 Å². The maximum Gasteiger partial charge on any atom is 0.321 e. The lowest BCUT2D eigenvalue weighted by Gasteiger charge is -2.36. The summed E-state index contributed by atoms with van der Waals surface area (Å²) in [4.78, 5) is 27.8. The molecule has 2 aromatic rings. The second-order valence-electron chi connectivity index (χ2n) is 6.17. The van der Waals surface area contributed by atoms with E-state index in [4.69, 9.17) is 23.2 Å². The van der Waals surface area contributed by atoms with Crippen LogP contribution in [0.3, 0.4) is 0 Å². The van der Waals surface area contributed by atoms with Crippen molar-refractivity contribution in [1.82, 2.24) is 4.90 Å². The first-order valence-corrected chi connectivity index (χ1v) is 9.06. The highest BCUT2D eigenvalue weighted by Crippen LogP contribution is 2.26. The summed E-state index contributed by atoms with van der Waals surface area (Å²) in [6.45, 7) is 4.06. The normalized spacial score (nSPS) is 14.3. The molecule has 1 heterocycles. The molecule has 1 fully saturated rings. The lowest BCUT2D eigenvalue weighted by Crippen LogP contribution is -2.50. The van der Waals surface area contributed by atoms with Crippen molar-refractivity contribution in [3.8, 4) is 0 Å². The van der Waals surface area contributed by atoms with Crippen LogP contribution in [0, 0.1) is 0 Å². The molecule has 1 aliphatic heterocycles. The van der Waals surface area contributed by atoms with E-state index in [1.165, 1.54) is 6.92 Å². The second-order valence-corrected chi connectivity index (χ2v) is 7.04. The van der Waals surface area contributed by atoms with E-state index in [0.29, 0.717) is 47.5 Å². The van der Waals surface area contributed by atoms with E-state index < -0.39 is 0 Å². The quantitative estimate of drug-likeness (QED) is 0.780. The number of urea groups is 1. The Morgan fingerprint density at radius 2 is 1.62 bits per heavy atom. The highest BCUT2D eigenvalue weighted by Gasteiger charge is 2.22. The van der Waals surface area contributed by atoms with E-state index in [2.05, 4.69) is 10.2 Å². The highest BCUT2D eigenvalue weighted by molar-refractivity contribution is 6.35. The average molecular weight is 392 g/mol. The molecule has 0 atom stereocenters. The molecule has 26 heavy (non-hydrogen) atoms. The molecule has 136 valence electrons. The van der Waals surface area contributed by atoms with Gasteiger partial charge in [-0.1, -0.05) is 35.3 Å². The zero-order valence-corrected chi connectivity index (χ0v) is 15.8. The van der Waals surface area contributed by atoms with Crippen LogP contribution in [-0.4, -0.2) is 42.9 Å². The SMILES string of the molecule is CC(=O)c1cccc(NC(=O)N2CCN(c3cc(Cl)cc(Cl)c3)CC2)c1. The fourth-order valence-electron chi connectivity index (χ4n) is 2.91. The van der Waals surface area contributed by atoms with Gasteiger partial charge in [0.1, 0.15) is 0 Å². The number of rotatable bonds is 3. The zero-order valence-electron chi connectivity index (χ0n) is 14.3. The van der Waals surface area contributed by atoms with E-state index in [0.717, 1.165) is 5.69 Å². The number of nitrogens with one attached hydrogen (secondary N) is 1. The Hall–Kier alpha value is -2.24. The van der Waals surface area contributed by atoms with E-state index in [-0.39, 0.29) is 11.8 Å². The number of benzene rings is 2. The Balaban J connectivity index is 1.60. The third-order valence-corrected chi connectivity index (χ3v) is 4.74.